The van der Waals surface area contributed by atoms with Crippen molar-refractivity contribution in [1.82, 2.24) is 0 Å². The Labute approximate surface area is 114 Å². The second-order valence-corrected chi connectivity index (χ2v) is 4.22. The predicted octanol–water partition coefficient (Wildman–Crippen LogP) is 1.48. The molecule has 0 saturated carbocycles. The molecule has 0 spiro atoms. The molecule has 0 radical (unpaired) electrons. The Hall–Kier alpha value is -1.59. The number of benzene rings is 1. The third kappa shape index (κ3) is 4.54. The van der Waals surface area contributed by atoms with Gasteiger partial charge in [0.2, 0.25) is 0 Å². The predicted molar refractivity (Wildman–Crippen MR) is 76.5 cm³/mol. The first-order valence-electron chi connectivity index (χ1n) is 6.41. The Balaban J connectivity index is 2.68. The van der Waals surface area contributed by atoms with Gasteiger partial charge in [0.1, 0.15) is 6.10 Å². The monoisotopic (exact) mass is 266 g/mol. The first-order valence-corrected chi connectivity index (χ1v) is 6.41. The molecule has 0 saturated heterocycles. The summed E-state index contributed by atoms with van der Waals surface area (Å²) in [6.07, 6.45) is -0.471. The minimum absolute atomic E-state index is 0.123. The summed E-state index contributed by atoms with van der Waals surface area (Å²) < 4.78 is 4.95. The fourth-order valence-electron chi connectivity index (χ4n) is 1.70. The summed E-state index contributed by atoms with van der Waals surface area (Å²) in [4.78, 5) is 13.7. The molecule has 0 fully saturated rings. The van der Waals surface area contributed by atoms with Gasteiger partial charge in [-0.2, -0.15) is 0 Å². The number of nitrogens with one attached hydrogen (secondary N) is 1. The number of rotatable bonds is 7. The molecular weight excluding hydrogens is 244 g/mol. The van der Waals surface area contributed by atoms with Crippen molar-refractivity contribution in [2.75, 3.05) is 37.0 Å². The Morgan fingerprint density at radius 1 is 1.42 bits per heavy atom. The first-order chi connectivity index (χ1) is 9.12. The Morgan fingerprint density at radius 3 is 2.53 bits per heavy atom. The second kappa shape index (κ2) is 7.76. The van der Waals surface area contributed by atoms with Crippen LogP contribution in [0.1, 0.15) is 13.8 Å². The average Bonchev–Trinajstić information content (AvgIpc) is 2.44. The van der Waals surface area contributed by atoms with E-state index in [9.17, 15) is 4.79 Å². The third-order valence-electron chi connectivity index (χ3n) is 2.97. The molecule has 1 unspecified atom stereocenters. The van der Waals surface area contributed by atoms with E-state index in [0.29, 0.717) is 6.54 Å². The molecule has 0 aromatic heterocycles. The van der Waals surface area contributed by atoms with Gasteiger partial charge in [-0.05, 0) is 38.1 Å². The molecule has 0 aliphatic carbocycles. The van der Waals surface area contributed by atoms with Crippen molar-refractivity contribution in [3.63, 3.8) is 0 Å². The lowest BCUT2D eigenvalue weighted by Crippen LogP contribution is -2.27. The summed E-state index contributed by atoms with van der Waals surface area (Å²) in [5.41, 5.74) is 1.76. The van der Waals surface area contributed by atoms with E-state index in [4.69, 9.17) is 9.84 Å². The SMILES string of the molecule is CCN(CCO)c1ccc(NC(=O)C(C)OC)cc1. The maximum atomic E-state index is 11.6. The highest BCUT2D eigenvalue weighted by molar-refractivity contribution is 5.94. The number of methoxy groups -OCH3 is 1. The lowest BCUT2D eigenvalue weighted by atomic mass is 10.2. The number of carbonyl (C=O) groups excluding carboxylic acids is 1. The van der Waals surface area contributed by atoms with E-state index in [0.717, 1.165) is 17.9 Å². The number of nitrogens with zero attached hydrogens (tertiary/aromatic N) is 1. The molecule has 106 valence electrons. The van der Waals surface area contributed by atoms with Crippen molar-refractivity contribution in [3.05, 3.63) is 24.3 Å². The molecule has 0 aliphatic heterocycles. The van der Waals surface area contributed by atoms with E-state index in [-0.39, 0.29) is 12.5 Å². The molecule has 1 aromatic rings. The summed E-state index contributed by atoms with van der Waals surface area (Å²) in [5.74, 6) is -0.169. The van der Waals surface area contributed by atoms with Crippen molar-refractivity contribution < 1.29 is 14.6 Å². The van der Waals surface area contributed by atoms with Crippen molar-refractivity contribution >= 4 is 17.3 Å². The molecule has 2 N–H and O–H groups in total. The summed E-state index contributed by atoms with van der Waals surface area (Å²) in [6.45, 7) is 5.28. The zero-order valence-corrected chi connectivity index (χ0v) is 11.7. The molecule has 0 aliphatic rings. The summed E-state index contributed by atoms with van der Waals surface area (Å²) in [7, 11) is 1.50. The van der Waals surface area contributed by atoms with E-state index in [1.165, 1.54) is 7.11 Å². The summed E-state index contributed by atoms with van der Waals surface area (Å²) >= 11 is 0. The van der Waals surface area contributed by atoms with Crippen LogP contribution in [0.3, 0.4) is 0 Å². The molecule has 1 atom stereocenters. The van der Waals surface area contributed by atoms with Crippen LogP contribution in [0.4, 0.5) is 11.4 Å². The van der Waals surface area contributed by atoms with E-state index >= 15 is 0 Å². The number of anilines is 2. The Bertz CT molecular complexity index is 392. The van der Waals surface area contributed by atoms with Gasteiger partial charge in [-0.25, -0.2) is 0 Å². The molecule has 1 aromatic carbocycles. The number of carbonyl (C=O) groups is 1. The minimum atomic E-state index is -0.471. The number of likely N-dealkylation sites (N-methyl/N-ethyl adjacent to an activating group) is 1. The molecule has 0 heterocycles. The van der Waals surface area contributed by atoms with Crippen molar-refractivity contribution in [3.8, 4) is 0 Å². The van der Waals surface area contributed by atoms with E-state index < -0.39 is 6.10 Å². The summed E-state index contributed by atoms with van der Waals surface area (Å²) in [5, 5.41) is 11.8. The lowest BCUT2D eigenvalue weighted by Gasteiger charge is -2.22. The fourth-order valence-corrected chi connectivity index (χ4v) is 1.70. The number of aliphatic hydroxyl groups excluding tert-OH is 1. The largest absolute Gasteiger partial charge is 0.395 e. The van der Waals surface area contributed by atoms with Gasteiger partial charge in [0.15, 0.2) is 0 Å². The standard InChI is InChI=1S/C14H22N2O3/c1-4-16(9-10-17)13-7-5-12(6-8-13)15-14(18)11(2)19-3/h5-8,11,17H,4,9-10H2,1-3H3,(H,15,18). The third-order valence-corrected chi connectivity index (χ3v) is 2.97. The van der Waals surface area contributed by atoms with Crippen molar-refractivity contribution in [2.24, 2.45) is 0 Å². The topological polar surface area (TPSA) is 61.8 Å². The van der Waals surface area contributed by atoms with E-state index in [1.54, 1.807) is 6.92 Å². The van der Waals surface area contributed by atoms with Crippen LogP contribution in [-0.4, -0.2) is 43.9 Å². The van der Waals surface area contributed by atoms with Crippen LogP contribution in [0.15, 0.2) is 24.3 Å². The summed E-state index contributed by atoms with van der Waals surface area (Å²) in [6, 6.07) is 7.53. The maximum absolute atomic E-state index is 11.6. The normalized spacial score (nSPS) is 12.0. The van der Waals surface area contributed by atoms with E-state index in [1.807, 2.05) is 31.2 Å². The Kier molecular flexibility index (Phi) is 6.32. The van der Waals surface area contributed by atoms with Gasteiger partial charge in [-0.1, -0.05) is 0 Å². The van der Waals surface area contributed by atoms with Crippen LogP contribution in [0.2, 0.25) is 0 Å². The molecule has 5 nitrogen and oxygen atoms in total. The number of hydrogen-bond acceptors (Lipinski definition) is 4. The van der Waals surface area contributed by atoms with Crippen LogP contribution in [-0.2, 0) is 9.53 Å². The first kappa shape index (κ1) is 15.5. The van der Waals surface area contributed by atoms with Crippen LogP contribution >= 0.6 is 0 Å². The fraction of sp³-hybridized carbons (Fsp3) is 0.500. The van der Waals surface area contributed by atoms with Gasteiger partial charge in [0.05, 0.1) is 6.61 Å². The second-order valence-electron chi connectivity index (χ2n) is 4.22. The van der Waals surface area contributed by atoms with Gasteiger partial charge in [-0.3, -0.25) is 4.79 Å². The minimum Gasteiger partial charge on any atom is -0.395 e. The zero-order chi connectivity index (χ0) is 14.3. The molecule has 5 heteroatoms. The van der Waals surface area contributed by atoms with Crippen LogP contribution in [0, 0.1) is 0 Å². The highest BCUT2D eigenvalue weighted by Gasteiger charge is 2.11. The molecule has 0 bridgehead atoms. The molecular formula is C14H22N2O3. The Morgan fingerprint density at radius 2 is 2.05 bits per heavy atom. The lowest BCUT2D eigenvalue weighted by molar-refractivity contribution is -0.124. The zero-order valence-electron chi connectivity index (χ0n) is 11.7. The number of hydrogen-bond donors (Lipinski definition) is 2. The van der Waals surface area contributed by atoms with Gasteiger partial charge in [0, 0.05) is 31.6 Å². The van der Waals surface area contributed by atoms with Gasteiger partial charge in [0.25, 0.3) is 5.91 Å². The van der Waals surface area contributed by atoms with Crippen LogP contribution < -0.4 is 10.2 Å². The van der Waals surface area contributed by atoms with E-state index in [2.05, 4.69) is 10.2 Å². The van der Waals surface area contributed by atoms with Crippen molar-refractivity contribution in [2.45, 2.75) is 20.0 Å². The average molecular weight is 266 g/mol. The molecule has 19 heavy (non-hydrogen) atoms. The van der Waals surface area contributed by atoms with Gasteiger partial charge >= 0.3 is 0 Å². The van der Waals surface area contributed by atoms with Gasteiger partial charge < -0.3 is 20.1 Å². The van der Waals surface area contributed by atoms with Gasteiger partial charge in [-0.15, -0.1) is 0 Å². The quantitative estimate of drug-likeness (QED) is 0.784. The smallest absolute Gasteiger partial charge is 0.253 e. The highest BCUT2D eigenvalue weighted by Crippen LogP contribution is 2.17. The molecule has 1 amide bonds. The highest BCUT2D eigenvalue weighted by atomic mass is 16.5. The van der Waals surface area contributed by atoms with Crippen molar-refractivity contribution in [1.29, 1.82) is 0 Å². The maximum Gasteiger partial charge on any atom is 0.253 e. The number of ether oxygens (including phenoxy) is 1. The van der Waals surface area contributed by atoms with Crippen LogP contribution in [0.5, 0.6) is 0 Å². The number of amides is 1. The molecule has 1 rings (SSSR count). The number of aliphatic hydroxyl groups is 1. The van der Waals surface area contributed by atoms with Crippen LogP contribution in [0.25, 0.3) is 0 Å².